The Labute approximate surface area is 172 Å². The van der Waals surface area contributed by atoms with Gasteiger partial charge in [-0.1, -0.05) is 6.42 Å². The Hall–Kier alpha value is -1.93. The minimum atomic E-state index is -0.436. The van der Waals surface area contributed by atoms with E-state index in [-0.39, 0.29) is 24.5 Å². The molecule has 8 nitrogen and oxygen atoms in total. The number of H-pyrrole nitrogens is 1. The van der Waals surface area contributed by atoms with Crippen molar-refractivity contribution in [3.8, 4) is 0 Å². The number of ether oxygens (including phenoxy) is 1. The summed E-state index contributed by atoms with van der Waals surface area (Å²) in [5, 5.41) is 0. The predicted molar refractivity (Wildman–Crippen MR) is 108 cm³/mol. The number of aromatic nitrogens is 2. The molecule has 0 bridgehead atoms. The fraction of sp³-hybridized carbons (Fsp3) is 0.762. The highest BCUT2D eigenvalue weighted by molar-refractivity contribution is 5.82. The normalized spacial score (nSPS) is 23.1. The Morgan fingerprint density at radius 2 is 1.90 bits per heavy atom. The number of aromatic amines is 1. The zero-order chi connectivity index (χ0) is 20.4. The van der Waals surface area contributed by atoms with Crippen molar-refractivity contribution < 1.29 is 14.3 Å². The molecule has 1 spiro atoms. The first-order valence-corrected chi connectivity index (χ1v) is 10.9. The number of hydrogen-bond acceptors (Lipinski definition) is 5. The van der Waals surface area contributed by atoms with Crippen LogP contribution in [0.3, 0.4) is 0 Å². The summed E-state index contributed by atoms with van der Waals surface area (Å²) in [4.78, 5) is 40.1. The molecule has 1 atom stereocenters. The van der Waals surface area contributed by atoms with Gasteiger partial charge in [-0.25, -0.2) is 4.98 Å². The van der Waals surface area contributed by atoms with E-state index in [0.717, 1.165) is 43.7 Å². The number of nitrogens with zero attached hydrogens (tertiary/aromatic N) is 4. The van der Waals surface area contributed by atoms with Gasteiger partial charge in [0.2, 0.25) is 11.8 Å². The van der Waals surface area contributed by atoms with E-state index in [9.17, 15) is 9.59 Å². The summed E-state index contributed by atoms with van der Waals surface area (Å²) in [6.45, 7) is 6.12. The van der Waals surface area contributed by atoms with E-state index in [1.54, 1.807) is 13.4 Å². The Kier molecular flexibility index (Phi) is 5.92. The third-order valence-electron chi connectivity index (χ3n) is 7.03. The molecule has 0 unspecified atom stereocenters. The molecule has 0 aliphatic carbocycles. The number of hydrogen-bond donors (Lipinski definition) is 1. The van der Waals surface area contributed by atoms with Crippen molar-refractivity contribution in [3.05, 3.63) is 17.7 Å². The Morgan fingerprint density at radius 3 is 2.59 bits per heavy atom. The number of fused-ring (bicyclic) bond motifs is 2. The van der Waals surface area contributed by atoms with E-state index in [1.807, 2.05) is 16.7 Å². The van der Waals surface area contributed by atoms with E-state index in [0.29, 0.717) is 19.6 Å². The van der Waals surface area contributed by atoms with E-state index in [2.05, 4.69) is 14.9 Å². The molecule has 2 fully saturated rings. The van der Waals surface area contributed by atoms with E-state index in [1.165, 1.54) is 19.3 Å². The molecule has 0 saturated carbocycles. The molecule has 3 aliphatic heterocycles. The number of amides is 2. The summed E-state index contributed by atoms with van der Waals surface area (Å²) in [7, 11) is 1.55. The SMILES string of the molecule is COCC(=O)N1CCc2[nH]cnc2C12CCN(C(=O)[C@H](C)N1CCCCC1)CC2. The number of carbonyl (C=O) groups excluding carboxylic acids is 2. The summed E-state index contributed by atoms with van der Waals surface area (Å²) in [5.41, 5.74) is 1.66. The van der Waals surface area contributed by atoms with Gasteiger partial charge in [0.15, 0.2) is 0 Å². The lowest BCUT2D eigenvalue weighted by atomic mass is 9.78. The average molecular weight is 404 g/mol. The smallest absolute Gasteiger partial charge is 0.249 e. The van der Waals surface area contributed by atoms with Crippen LogP contribution in [-0.4, -0.2) is 89.0 Å². The van der Waals surface area contributed by atoms with Gasteiger partial charge >= 0.3 is 0 Å². The van der Waals surface area contributed by atoms with Crippen LogP contribution in [0.1, 0.15) is 50.4 Å². The van der Waals surface area contributed by atoms with Crippen molar-refractivity contribution in [1.29, 1.82) is 0 Å². The maximum Gasteiger partial charge on any atom is 0.249 e. The fourth-order valence-corrected chi connectivity index (χ4v) is 5.37. The van der Waals surface area contributed by atoms with Crippen molar-refractivity contribution in [2.24, 2.45) is 0 Å². The van der Waals surface area contributed by atoms with Crippen LogP contribution in [0.2, 0.25) is 0 Å². The van der Waals surface area contributed by atoms with E-state index >= 15 is 0 Å². The van der Waals surface area contributed by atoms with Crippen LogP contribution in [0.4, 0.5) is 0 Å². The molecule has 0 aromatic carbocycles. The van der Waals surface area contributed by atoms with Crippen molar-refractivity contribution in [3.63, 3.8) is 0 Å². The number of likely N-dealkylation sites (tertiary alicyclic amines) is 2. The fourth-order valence-electron chi connectivity index (χ4n) is 5.37. The van der Waals surface area contributed by atoms with Crippen molar-refractivity contribution in [2.75, 3.05) is 46.4 Å². The van der Waals surface area contributed by atoms with Gasteiger partial charge < -0.3 is 19.5 Å². The molecule has 3 aliphatic rings. The molecule has 1 N–H and O–H groups in total. The van der Waals surface area contributed by atoms with Crippen LogP contribution in [0.25, 0.3) is 0 Å². The Morgan fingerprint density at radius 1 is 1.17 bits per heavy atom. The predicted octanol–water partition coefficient (Wildman–Crippen LogP) is 1.13. The molecule has 2 saturated heterocycles. The lowest BCUT2D eigenvalue weighted by molar-refractivity contribution is -0.149. The minimum absolute atomic E-state index is 0.00242. The topological polar surface area (TPSA) is 81.8 Å². The van der Waals surface area contributed by atoms with Gasteiger partial charge in [0.25, 0.3) is 0 Å². The molecule has 160 valence electrons. The molecule has 0 radical (unpaired) electrons. The molecular weight excluding hydrogens is 370 g/mol. The highest BCUT2D eigenvalue weighted by atomic mass is 16.5. The van der Waals surface area contributed by atoms with E-state index in [4.69, 9.17) is 4.74 Å². The maximum atomic E-state index is 13.1. The number of piperidine rings is 2. The zero-order valence-electron chi connectivity index (χ0n) is 17.7. The third kappa shape index (κ3) is 3.68. The number of imidazole rings is 1. The van der Waals surface area contributed by atoms with Gasteiger partial charge in [-0.2, -0.15) is 0 Å². The third-order valence-corrected chi connectivity index (χ3v) is 7.03. The van der Waals surface area contributed by atoms with Crippen molar-refractivity contribution in [1.82, 2.24) is 24.7 Å². The van der Waals surface area contributed by atoms with Crippen LogP contribution < -0.4 is 0 Å². The second kappa shape index (κ2) is 8.44. The molecular formula is C21H33N5O3. The summed E-state index contributed by atoms with van der Waals surface area (Å²) in [6, 6.07) is -0.0668. The summed E-state index contributed by atoms with van der Waals surface area (Å²) in [5.74, 6) is 0.220. The van der Waals surface area contributed by atoms with Crippen LogP contribution >= 0.6 is 0 Å². The lowest BCUT2D eigenvalue weighted by Gasteiger charge is -2.51. The molecule has 1 aromatic heterocycles. The first kappa shape index (κ1) is 20.3. The summed E-state index contributed by atoms with van der Waals surface area (Å²) >= 11 is 0. The van der Waals surface area contributed by atoms with Gasteiger partial charge in [0, 0.05) is 38.9 Å². The molecule has 4 heterocycles. The minimum Gasteiger partial charge on any atom is -0.375 e. The second-order valence-electron chi connectivity index (χ2n) is 8.59. The van der Waals surface area contributed by atoms with Gasteiger partial charge in [0.1, 0.15) is 6.61 Å². The van der Waals surface area contributed by atoms with Crippen LogP contribution in [0.5, 0.6) is 0 Å². The summed E-state index contributed by atoms with van der Waals surface area (Å²) < 4.78 is 5.13. The van der Waals surface area contributed by atoms with Crippen molar-refractivity contribution in [2.45, 2.75) is 57.0 Å². The maximum absolute atomic E-state index is 13.1. The van der Waals surface area contributed by atoms with Crippen LogP contribution in [-0.2, 0) is 26.3 Å². The van der Waals surface area contributed by atoms with Crippen LogP contribution in [0, 0.1) is 0 Å². The van der Waals surface area contributed by atoms with Gasteiger partial charge in [0.05, 0.1) is 23.6 Å². The molecule has 4 rings (SSSR count). The highest BCUT2D eigenvalue weighted by Gasteiger charge is 2.49. The number of rotatable bonds is 4. The first-order valence-electron chi connectivity index (χ1n) is 10.9. The number of nitrogens with one attached hydrogen (secondary N) is 1. The highest BCUT2D eigenvalue weighted by Crippen LogP contribution is 2.42. The average Bonchev–Trinajstić information content (AvgIpc) is 3.24. The van der Waals surface area contributed by atoms with Gasteiger partial charge in [-0.3, -0.25) is 14.5 Å². The quantitative estimate of drug-likeness (QED) is 0.815. The number of methoxy groups -OCH3 is 1. The van der Waals surface area contributed by atoms with Gasteiger partial charge in [-0.05, 0) is 45.7 Å². The van der Waals surface area contributed by atoms with Crippen LogP contribution in [0.15, 0.2) is 6.33 Å². The van der Waals surface area contributed by atoms with E-state index < -0.39 is 5.54 Å². The first-order chi connectivity index (χ1) is 14.1. The molecule has 2 amide bonds. The second-order valence-corrected chi connectivity index (χ2v) is 8.59. The lowest BCUT2D eigenvalue weighted by Crippen LogP contribution is -2.60. The molecule has 8 heteroatoms. The molecule has 1 aromatic rings. The standard InChI is InChI=1S/C21H33N5O3/c1-16(24-9-4-3-5-10-24)20(28)25-12-7-21(8-13-25)19-17(22-15-23-19)6-11-26(21)18(27)14-29-2/h15-16H,3-14H2,1-2H3,(H,22,23)/t16-/m0/s1. The Balaban J connectivity index is 1.49. The zero-order valence-corrected chi connectivity index (χ0v) is 17.7. The molecule has 29 heavy (non-hydrogen) atoms. The number of carbonyl (C=O) groups is 2. The Bertz CT molecular complexity index is 734. The monoisotopic (exact) mass is 403 g/mol. The largest absolute Gasteiger partial charge is 0.375 e. The van der Waals surface area contributed by atoms with Crippen molar-refractivity contribution >= 4 is 11.8 Å². The summed E-state index contributed by atoms with van der Waals surface area (Å²) in [6.07, 6.45) is 7.57. The van der Waals surface area contributed by atoms with Gasteiger partial charge in [-0.15, -0.1) is 0 Å².